The molecule has 7 heteroatoms. The molecule has 1 unspecified atom stereocenters. The quantitative estimate of drug-likeness (QED) is 0.687. The van der Waals surface area contributed by atoms with Gasteiger partial charge in [-0.15, -0.1) is 5.10 Å². The fourth-order valence-electron chi connectivity index (χ4n) is 3.42. The first-order chi connectivity index (χ1) is 12.3. The molecule has 3 heterocycles. The van der Waals surface area contributed by atoms with Gasteiger partial charge in [-0.2, -0.15) is 0 Å². The van der Waals surface area contributed by atoms with E-state index in [9.17, 15) is 0 Å². The van der Waals surface area contributed by atoms with Crippen LogP contribution in [0.1, 0.15) is 23.6 Å². The number of hydrogen-bond donors (Lipinski definition) is 0. The Kier molecular flexibility index (Phi) is 4.45. The van der Waals surface area contributed by atoms with Crippen LogP contribution in [0.3, 0.4) is 0 Å². The molecule has 0 N–H and O–H groups in total. The summed E-state index contributed by atoms with van der Waals surface area (Å²) in [6, 6.07) is 8.16. The second kappa shape index (κ2) is 7.04. The Morgan fingerprint density at radius 3 is 2.92 bits per heavy atom. The van der Waals surface area contributed by atoms with Crippen LogP contribution in [0.2, 0.25) is 0 Å². The normalized spacial score (nSPS) is 16.6. The highest BCUT2D eigenvalue weighted by molar-refractivity contribution is 5.27. The fourth-order valence-corrected chi connectivity index (χ4v) is 3.42. The Balaban J connectivity index is 1.37. The van der Waals surface area contributed by atoms with E-state index in [4.69, 9.17) is 4.74 Å². The summed E-state index contributed by atoms with van der Waals surface area (Å²) in [6.07, 6.45) is 7.86. The van der Waals surface area contributed by atoms with Crippen LogP contribution in [0.4, 0.5) is 0 Å². The lowest BCUT2D eigenvalue weighted by Crippen LogP contribution is -2.25. The number of aryl methyl sites for hydroxylation is 3. The predicted molar refractivity (Wildman–Crippen MR) is 92.3 cm³/mol. The number of hydrogen-bond acceptors (Lipinski definition) is 5. The molecule has 0 spiro atoms. The van der Waals surface area contributed by atoms with Crippen LogP contribution in [0.5, 0.6) is 5.75 Å². The number of ether oxygens (including phenoxy) is 1. The van der Waals surface area contributed by atoms with Gasteiger partial charge in [-0.3, -0.25) is 0 Å². The number of nitrogens with zero attached hydrogens (tertiary/aromatic N) is 6. The van der Waals surface area contributed by atoms with Gasteiger partial charge in [0, 0.05) is 38.3 Å². The number of aromatic nitrogens is 6. The maximum Gasteiger partial charge on any atom is 0.151 e. The summed E-state index contributed by atoms with van der Waals surface area (Å²) in [6.45, 7) is 1.86. The summed E-state index contributed by atoms with van der Waals surface area (Å²) >= 11 is 0. The average molecular weight is 338 g/mol. The smallest absolute Gasteiger partial charge is 0.151 e. The van der Waals surface area contributed by atoms with Gasteiger partial charge in [0.2, 0.25) is 0 Å². The summed E-state index contributed by atoms with van der Waals surface area (Å²) in [4.78, 5) is 4.39. The number of fused-ring (bicyclic) bond motifs is 1. The van der Waals surface area contributed by atoms with Crippen molar-refractivity contribution in [2.24, 2.45) is 5.92 Å². The lowest BCUT2D eigenvalue weighted by atomic mass is 9.99. The molecule has 1 aliphatic heterocycles. The zero-order valence-electron chi connectivity index (χ0n) is 14.4. The SMILES string of the molecule is COc1ccc(CCc2nnnn2CC2CCc3nccn3C2)cc1. The molecular weight excluding hydrogens is 316 g/mol. The molecule has 25 heavy (non-hydrogen) atoms. The van der Waals surface area contributed by atoms with Gasteiger partial charge in [-0.05, 0) is 46.9 Å². The first-order valence-electron chi connectivity index (χ1n) is 8.70. The second-order valence-electron chi connectivity index (χ2n) is 6.53. The monoisotopic (exact) mass is 338 g/mol. The minimum absolute atomic E-state index is 0.546. The van der Waals surface area contributed by atoms with Crippen LogP contribution in [0.15, 0.2) is 36.7 Å². The molecule has 1 atom stereocenters. The maximum atomic E-state index is 5.20. The topological polar surface area (TPSA) is 70.7 Å². The Morgan fingerprint density at radius 1 is 1.20 bits per heavy atom. The van der Waals surface area contributed by atoms with Crippen molar-refractivity contribution in [2.75, 3.05) is 7.11 Å². The number of benzene rings is 1. The van der Waals surface area contributed by atoms with Crippen molar-refractivity contribution in [3.05, 3.63) is 53.9 Å². The lowest BCUT2D eigenvalue weighted by Gasteiger charge is -2.23. The van der Waals surface area contributed by atoms with Crippen molar-refractivity contribution in [2.45, 2.75) is 38.8 Å². The van der Waals surface area contributed by atoms with E-state index < -0.39 is 0 Å². The zero-order valence-corrected chi connectivity index (χ0v) is 14.4. The van der Waals surface area contributed by atoms with E-state index in [1.165, 1.54) is 11.4 Å². The Morgan fingerprint density at radius 2 is 2.08 bits per heavy atom. The molecule has 130 valence electrons. The van der Waals surface area contributed by atoms with Crippen LogP contribution in [-0.4, -0.2) is 36.9 Å². The molecule has 7 nitrogen and oxygen atoms in total. The number of rotatable bonds is 6. The van der Waals surface area contributed by atoms with Crippen LogP contribution in [0, 0.1) is 5.92 Å². The maximum absolute atomic E-state index is 5.20. The van der Waals surface area contributed by atoms with Crippen LogP contribution in [0.25, 0.3) is 0 Å². The number of tetrazole rings is 1. The van der Waals surface area contributed by atoms with E-state index >= 15 is 0 Å². The van der Waals surface area contributed by atoms with Gasteiger partial charge in [-0.25, -0.2) is 9.67 Å². The summed E-state index contributed by atoms with van der Waals surface area (Å²) in [5.41, 5.74) is 1.26. The molecule has 0 fully saturated rings. The van der Waals surface area contributed by atoms with E-state index in [1.807, 2.05) is 23.0 Å². The fraction of sp³-hybridized carbons (Fsp3) is 0.444. The van der Waals surface area contributed by atoms with Crippen molar-refractivity contribution in [1.29, 1.82) is 0 Å². The standard InChI is InChI=1S/C18H22N6O/c1-25-16-6-2-14(3-7-16)4-9-18-20-21-22-24(18)13-15-5-8-17-19-10-11-23(17)12-15/h2-3,6-7,10-11,15H,4-5,8-9,12-13H2,1H3. The number of imidazole rings is 1. The van der Waals surface area contributed by atoms with Gasteiger partial charge in [0.25, 0.3) is 0 Å². The number of methoxy groups -OCH3 is 1. The molecule has 0 saturated carbocycles. The lowest BCUT2D eigenvalue weighted by molar-refractivity contribution is 0.305. The molecular formula is C18H22N6O. The van der Waals surface area contributed by atoms with E-state index in [2.05, 4.69) is 43.4 Å². The van der Waals surface area contributed by atoms with Crippen LogP contribution >= 0.6 is 0 Å². The molecule has 0 saturated heterocycles. The zero-order chi connectivity index (χ0) is 17.1. The molecule has 2 aromatic heterocycles. The third kappa shape index (κ3) is 3.55. The molecule has 0 bridgehead atoms. The molecule has 1 aromatic carbocycles. The van der Waals surface area contributed by atoms with Gasteiger partial charge < -0.3 is 9.30 Å². The molecule has 0 radical (unpaired) electrons. The van der Waals surface area contributed by atoms with Crippen molar-refractivity contribution >= 4 is 0 Å². The molecule has 0 aliphatic carbocycles. The first kappa shape index (κ1) is 15.8. The van der Waals surface area contributed by atoms with Crippen molar-refractivity contribution in [1.82, 2.24) is 29.8 Å². The first-order valence-corrected chi connectivity index (χ1v) is 8.70. The Hall–Kier alpha value is -2.70. The van der Waals surface area contributed by atoms with Gasteiger partial charge in [0.15, 0.2) is 5.82 Å². The van der Waals surface area contributed by atoms with E-state index in [1.54, 1.807) is 7.11 Å². The van der Waals surface area contributed by atoms with Gasteiger partial charge in [-0.1, -0.05) is 12.1 Å². The highest BCUT2D eigenvalue weighted by atomic mass is 16.5. The summed E-state index contributed by atoms with van der Waals surface area (Å²) < 4.78 is 9.41. The van der Waals surface area contributed by atoms with Gasteiger partial charge >= 0.3 is 0 Å². The van der Waals surface area contributed by atoms with E-state index in [-0.39, 0.29) is 0 Å². The largest absolute Gasteiger partial charge is 0.497 e. The van der Waals surface area contributed by atoms with Crippen LogP contribution < -0.4 is 4.74 Å². The molecule has 4 rings (SSSR count). The minimum Gasteiger partial charge on any atom is -0.497 e. The summed E-state index contributed by atoms with van der Waals surface area (Å²) in [5.74, 6) is 3.56. The molecule has 1 aliphatic rings. The van der Waals surface area contributed by atoms with Crippen molar-refractivity contribution in [3.63, 3.8) is 0 Å². The highest BCUT2D eigenvalue weighted by Gasteiger charge is 2.20. The van der Waals surface area contributed by atoms with Gasteiger partial charge in [0.1, 0.15) is 11.6 Å². The van der Waals surface area contributed by atoms with Gasteiger partial charge in [0.05, 0.1) is 7.11 Å². The molecule has 0 amide bonds. The third-order valence-electron chi connectivity index (χ3n) is 4.87. The highest BCUT2D eigenvalue weighted by Crippen LogP contribution is 2.20. The Bertz CT molecular complexity index is 822. The Labute approximate surface area is 146 Å². The van der Waals surface area contributed by atoms with Crippen molar-refractivity contribution < 1.29 is 4.74 Å². The summed E-state index contributed by atoms with van der Waals surface area (Å²) in [7, 11) is 1.68. The summed E-state index contributed by atoms with van der Waals surface area (Å²) in [5, 5.41) is 12.3. The van der Waals surface area contributed by atoms with Crippen LogP contribution in [-0.2, 0) is 32.4 Å². The predicted octanol–water partition coefficient (Wildman–Crippen LogP) is 1.93. The second-order valence-corrected chi connectivity index (χ2v) is 6.53. The van der Waals surface area contributed by atoms with E-state index in [0.717, 1.165) is 50.3 Å². The molecule has 3 aromatic rings. The van der Waals surface area contributed by atoms with E-state index in [0.29, 0.717) is 5.92 Å². The third-order valence-corrected chi connectivity index (χ3v) is 4.87. The average Bonchev–Trinajstić information content (AvgIpc) is 3.29. The van der Waals surface area contributed by atoms with Crippen molar-refractivity contribution in [3.8, 4) is 5.75 Å². The minimum atomic E-state index is 0.546.